The highest BCUT2D eigenvalue weighted by Gasteiger charge is 2.20. The third-order valence-corrected chi connectivity index (χ3v) is 6.18. The Hall–Kier alpha value is -4.12. The molecule has 0 aliphatic carbocycles. The topological polar surface area (TPSA) is 63.9 Å². The lowest BCUT2D eigenvalue weighted by Gasteiger charge is -2.10. The number of fused-ring (bicyclic) bond motifs is 4. The molecule has 0 radical (unpaired) electrons. The molecule has 0 aliphatic rings. The molecule has 6 aromatic rings. The lowest BCUT2D eigenvalue weighted by atomic mass is 9.97. The van der Waals surface area contributed by atoms with E-state index in [4.69, 9.17) is 14.2 Å². The number of pyridine rings is 1. The Labute approximate surface area is 184 Å². The van der Waals surface area contributed by atoms with E-state index in [0.29, 0.717) is 0 Å². The van der Waals surface area contributed by atoms with E-state index in [1.807, 2.05) is 26.1 Å². The number of aromatic amines is 1. The van der Waals surface area contributed by atoms with Crippen molar-refractivity contribution in [2.75, 3.05) is 7.11 Å². The third kappa shape index (κ3) is 2.64. The van der Waals surface area contributed by atoms with Gasteiger partial charge in [0.15, 0.2) is 0 Å². The second-order valence-corrected chi connectivity index (χ2v) is 8.03. The summed E-state index contributed by atoms with van der Waals surface area (Å²) in [5.41, 5.74) is 6.90. The third-order valence-electron chi connectivity index (χ3n) is 6.18. The zero-order valence-electron chi connectivity index (χ0n) is 18.1. The molecular formula is C27H21N3O2. The van der Waals surface area contributed by atoms with Gasteiger partial charge in [-0.05, 0) is 42.8 Å². The highest BCUT2D eigenvalue weighted by molar-refractivity contribution is 6.16. The standard InChI is InChI=1S/C27H21N3O2/c1-15-25(16(2)32-30-15)21-13-23-20(14-24(21)31-3)26-22(29-23)11-12-28-27(26)19-10-6-8-17-7-4-5-9-18(17)19/h4-14,29H,1-3H3. The minimum atomic E-state index is 0.773. The van der Waals surface area contributed by atoms with Crippen molar-refractivity contribution in [1.29, 1.82) is 0 Å². The summed E-state index contributed by atoms with van der Waals surface area (Å²) in [6, 6.07) is 21.0. The second kappa shape index (κ2) is 6.95. The number of hydrogen-bond donors (Lipinski definition) is 1. The Kier molecular flexibility index (Phi) is 4.05. The number of benzene rings is 3. The molecule has 5 nitrogen and oxygen atoms in total. The highest BCUT2D eigenvalue weighted by Crippen LogP contribution is 2.42. The number of methoxy groups -OCH3 is 1. The van der Waals surface area contributed by atoms with Gasteiger partial charge in [0.1, 0.15) is 11.5 Å². The van der Waals surface area contributed by atoms with Crippen molar-refractivity contribution < 1.29 is 9.26 Å². The van der Waals surface area contributed by atoms with Crippen molar-refractivity contribution in [2.24, 2.45) is 0 Å². The van der Waals surface area contributed by atoms with Crippen LogP contribution in [-0.2, 0) is 0 Å². The van der Waals surface area contributed by atoms with E-state index >= 15 is 0 Å². The minimum absolute atomic E-state index is 0.773. The molecule has 1 N–H and O–H groups in total. The van der Waals surface area contributed by atoms with Crippen molar-refractivity contribution in [2.45, 2.75) is 13.8 Å². The van der Waals surface area contributed by atoms with E-state index in [1.54, 1.807) is 7.11 Å². The summed E-state index contributed by atoms with van der Waals surface area (Å²) >= 11 is 0. The molecule has 0 amide bonds. The van der Waals surface area contributed by atoms with Gasteiger partial charge in [0.05, 0.1) is 29.6 Å². The van der Waals surface area contributed by atoms with Gasteiger partial charge < -0.3 is 14.2 Å². The van der Waals surface area contributed by atoms with Gasteiger partial charge in [-0.25, -0.2) is 0 Å². The fourth-order valence-corrected chi connectivity index (χ4v) is 4.74. The first-order valence-electron chi connectivity index (χ1n) is 10.6. The fraction of sp³-hybridized carbons (Fsp3) is 0.111. The van der Waals surface area contributed by atoms with E-state index < -0.39 is 0 Å². The van der Waals surface area contributed by atoms with Crippen LogP contribution in [0, 0.1) is 13.8 Å². The average Bonchev–Trinajstić information content (AvgIpc) is 3.36. The molecule has 0 saturated carbocycles. The molecule has 0 atom stereocenters. The molecule has 0 spiro atoms. The van der Waals surface area contributed by atoms with Gasteiger partial charge in [-0.1, -0.05) is 47.6 Å². The number of aryl methyl sites for hydroxylation is 2. The predicted molar refractivity (Wildman–Crippen MR) is 128 cm³/mol. The lowest BCUT2D eigenvalue weighted by Crippen LogP contribution is -1.91. The Balaban J connectivity index is 1.69. The maximum atomic E-state index is 5.82. The molecule has 6 rings (SSSR count). The Morgan fingerprint density at radius 2 is 1.72 bits per heavy atom. The van der Waals surface area contributed by atoms with E-state index in [2.05, 4.69) is 64.7 Å². The van der Waals surface area contributed by atoms with Crippen LogP contribution in [0.4, 0.5) is 0 Å². The van der Waals surface area contributed by atoms with E-state index in [-0.39, 0.29) is 0 Å². The van der Waals surface area contributed by atoms with Crippen LogP contribution in [0.1, 0.15) is 11.5 Å². The molecule has 3 aromatic carbocycles. The number of aromatic nitrogens is 3. The average molecular weight is 419 g/mol. The molecule has 0 bridgehead atoms. The predicted octanol–water partition coefficient (Wildman–Crippen LogP) is 6.82. The maximum Gasteiger partial charge on any atom is 0.141 e. The smallest absolute Gasteiger partial charge is 0.141 e. The summed E-state index contributed by atoms with van der Waals surface area (Å²) in [5, 5.41) is 8.66. The van der Waals surface area contributed by atoms with E-state index in [9.17, 15) is 0 Å². The van der Waals surface area contributed by atoms with Crippen molar-refractivity contribution in [3.63, 3.8) is 0 Å². The highest BCUT2D eigenvalue weighted by atomic mass is 16.5. The number of hydrogen-bond acceptors (Lipinski definition) is 4. The number of rotatable bonds is 3. The molecular weight excluding hydrogens is 398 g/mol. The van der Waals surface area contributed by atoms with Gasteiger partial charge in [0, 0.05) is 33.6 Å². The molecule has 0 aliphatic heterocycles. The van der Waals surface area contributed by atoms with Crippen LogP contribution in [0.15, 0.2) is 71.4 Å². The van der Waals surface area contributed by atoms with Crippen LogP contribution in [-0.4, -0.2) is 22.2 Å². The van der Waals surface area contributed by atoms with Gasteiger partial charge in [-0.2, -0.15) is 0 Å². The monoisotopic (exact) mass is 419 g/mol. The first kappa shape index (κ1) is 18.6. The molecule has 3 aromatic heterocycles. The molecule has 5 heteroatoms. The first-order valence-corrected chi connectivity index (χ1v) is 10.6. The lowest BCUT2D eigenvalue weighted by molar-refractivity contribution is 0.393. The number of nitrogens with one attached hydrogen (secondary N) is 1. The molecule has 32 heavy (non-hydrogen) atoms. The van der Waals surface area contributed by atoms with Crippen LogP contribution >= 0.6 is 0 Å². The molecule has 0 unspecified atom stereocenters. The minimum Gasteiger partial charge on any atom is -0.496 e. The number of nitrogens with zero attached hydrogens (tertiary/aromatic N) is 2. The SMILES string of the molecule is COc1cc2c(cc1-c1c(C)noc1C)[nH]c1ccnc(-c3cccc4ccccc34)c12. The summed E-state index contributed by atoms with van der Waals surface area (Å²) in [6.45, 7) is 3.87. The van der Waals surface area contributed by atoms with Gasteiger partial charge in [0.2, 0.25) is 0 Å². The van der Waals surface area contributed by atoms with Crippen LogP contribution in [0.2, 0.25) is 0 Å². The summed E-state index contributed by atoms with van der Waals surface area (Å²) in [4.78, 5) is 8.40. The normalized spacial score (nSPS) is 11.6. The largest absolute Gasteiger partial charge is 0.496 e. The van der Waals surface area contributed by atoms with Crippen LogP contribution in [0.3, 0.4) is 0 Å². The van der Waals surface area contributed by atoms with Crippen LogP contribution in [0.25, 0.3) is 55.0 Å². The Bertz CT molecular complexity index is 1620. The number of ether oxygens (including phenoxy) is 1. The van der Waals surface area contributed by atoms with Crippen molar-refractivity contribution in [1.82, 2.24) is 15.1 Å². The van der Waals surface area contributed by atoms with Crippen molar-refractivity contribution in [3.8, 4) is 28.1 Å². The van der Waals surface area contributed by atoms with Gasteiger partial charge >= 0.3 is 0 Å². The Morgan fingerprint density at radius 3 is 2.53 bits per heavy atom. The molecule has 3 heterocycles. The van der Waals surface area contributed by atoms with E-state index in [0.717, 1.165) is 61.4 Å². The molecule has 0 fully saturated rings. The molecule has 156 valence electrons. The summed E-state index contributed by atoms with van der Waals surface area (Å²) in [6.07, 6.45) is 1.86. The van der Waals surface area contributed by atoms with Crippen LogP contribution < -0.4 is 4.74 Å². The van der Waals surface area contributed by atoms with Crippen molar-refractivity contribution in [3.05, 3.63) is 78.3 Å². The zero-order chi connectivity index (χ0) is 21.8. The zero-order valence-corrected chi connectivity index (χ0v) is 18.1. The summed E-state index contributed by atoms with van der Waals surface area (Å²) in [7, 11) is 1.70. The second-order valence-electron chi connectivity index (χ2n) is 8.03. The first-order chi connectivity index (χ1) is 15.7. The van der Waals surface area contributed by atoms with Gasteiger partial charge in [-0.3, -0.25) is 4.98 Å². The van der Waals surface area contributed by atoms with Crippen molar-refractivity contribution >= 4 is 32.6 Å². The summed E-state index contributed by atoms with van der Waals surface area (Å²) < 4.78 is 11.2. The Morgan fingerprint density at radius 1 is 0.875 bits per heavy atom. The van der Waals surface area contributed by atoms with Gasteiger partial charge in [-0.15, -0.1) is 0 Å². The summed E-state index contributed by atoms with van der Waals surface area (Å²) in [5.74, 6) is 1.55. The fourth-order valence-electron chi connectivity index (χ4n) is 4.74. The maximum absolute atomic E-state index is 5.82. The quantitative estimate of drug-likeness (QED) is 0.342. The van der Waals surface area contributed by atoms with Crippen LogP contribution in [0.5, 0.6) is 5.75 Å². The molecule has 0 saturated heterocycles. The number of H-pyrrole nitrogens is 1. The van der Waals surface area contributed by atoms with Gasteiger partial charge in [0.25, 0.3) is 0 Å². The van der Waals surface area contributed by atoms with E-state index in [1.165, 1.54) is 10.8 Å².